The van der Waals surface area contributed by atoms with Crippen LogP contribution < -0.4 is 19.9 Å². The van der Waals surface area contributed by atoms with Crippen molar-refractivity contribution in [2.24, 2.45) is 0 Å². The van der Waals surface area contributed by atoms with E-state index >= 15 is 0 Å². The van der Waals surface area contributed by atoms with Gasteiger partial charge in [-0.15, -0.1) is 11.8 Å². The Morgan fingerprint density at radius 3 is 2.00 bits per heavy atom. The SMILES string of the molecule is COc1cc(-c2n[nH]nc2-c2ccc(SC)c(N)c2)cc(OC)c1OC. The molecule has 26 heavy (non-hydrogen) atoms. The Balaban J connectivity index is 2.13. The third-order valence-electron chi connectivity index (χ3n) is 3.99. The molecule has 0 aliphatic heterocycles. The molecule has 0 amide bonds. The number of thioether (sulfide) groups is 1. The molecule has 0 bridgehead atoms. The number of hydrogen-bond donors (Lipinski definition) is 2. The van der Waals surface area contributed by atoms with Crippen molar-refractivity contribution >= 4 is 17.4 Å². The van der Waals surface area contributed by atoms with E-state index < -0.39 is 0 Å². The molecule has 1 heterocycles. The lowest BCUT2D eigenvalue weighted by Gasteiger charge is -2.13. The average Bonchev–Trinajstić information content (AvgIpc) is 3.16. The number of benzene rings is 2. The Morgan fingerprint density at radius 1 is 0.885 bits per heavy atom. The molecule has 0 aliphatic rings. The summed E-state index contributed by atoms with van der Waals surface area (Å²) in [5.74, 6) is 1.62. The van der Waals surface area contributed by atoms with Gasteiger partial charge in [-0.05, 0) is 30.5 Å². The number of methoxy groups -OCH3 is 3. The normalized spacial score (nSPS) is 10.6. The molecular formula is C18H20N4O3S. The first-order chi connectivity index (χ1) is 12.6. The van der Waals surface area contributed by atoms with Crippen molar-refractivity contribution in [1.82, 2.24) is 15.4 Å². The number of hydrogen-bond acceptors (Lipinski definition) is 7. The second-order valence-corrected chi connectivity index (χ2v) is 6.24. The Hall–Kier alpha value is -2.87. The van der Waals surface area contributed by atoms with Crippen LogP contribution in [0.4, 0.5) is 5.69 Å². The van der Waals surface area contributed by atoms with Gasteiger partial charge in [-0.3, -0.25) is 0 Å². The fourth-order valence-electron chi connectivity index (χ4n) is 2.73. The van der Waals surface area contributed by atoms with Crippen molar-refractivity contribution in [3.8, 4) is 39.8 Å². The number of nitrogen functional groups attached to an aromatic ring is 1. The fourth-order valence-corrected chi connectivity index (χ4v) is 3.23. The number of H-pyrrole nitrogens is 1. The standard InChI is InChI=1S/C18H20N4O3S/c1-23-13-8-11(9-14(24-2)18(13)25-3)17-16(20-22-21-17)10-5-6-15(26-4)12(19)7-10/h5-9H,19H2,1-4H3,(H,20,21,22). The van der Waals surface area contributed by atoms with Gasteiger partial charge in [-0.1, -0.05) is 6.07 Å². The number of rotatable bonds is 6. The Morgan fingerprint density at radius 2 is 1.50 bits per heavy atom. The number of anilines is 1. The summed E-state index contributed by atoms with van der Waals surface area (Å²) in [7, 11) is 4.72. The maximum Gasteiger partial charge on any atom is 0.203 e. The largest absolute Gasteiger partial charge is 0.493 e. The molecule has 2 aromatic carbocycles. The van der Waals surface area contributed by atoms with E-state index in [-0.39, 0.29) is 0 Å². The van der Waals surface area contributed by atoms with E-state index in [9.17, 15) is 0 Å². The summed E-state index contributed by atoms with van der Waals surface area (Å²) in [5, 5.41) is 11.3. The summed E-state index contributed by atoms with van der Waals surface area (Å²) in [6, 6.07) is 9.51. The lowest BCUT2D eigenvalue weighted by molar-refractivity contribution is 0.324. The zero-order valence-corrected chi connectivity index (χ0v) is 15.8. The lowest BCUT2D eigenvalue weighted by atomic mass is 10.0. The van der Waals surface area contributed by atoms with Crippen LogP contribution in [0.25, 0.3) is 22.5 Å². The molecule has 7 nitrogen and oxygen atoms in total. The van der Waals surface area contributed by atoms with Crippen molar-refractivity contribution in [2.75, 3.05) is 33.3 Å². The van der Waals surface area contributed by atoms with Crippen LogP contribution in [-0.2, 0) is 0 Å². The lowest BCUT2D eigenvalue weighted by Crippen LogP contribution is -1.96. The van der Waals surface area contributed by atoms with E-state index in [0.29, 0.717) is 34.3 Å². The van der Waals surface area contributed by atoms with Crippen LogP contribution in [-0.4, -0.2) is 43.0 Å². The highest BCUT2D eigenvalue weighted by Crippen LogP contribution is 2.42. The topological polar surface area (TPSA) is 95.3 Å². The van der Waals surface area contributed by atoms with Gasteiger partial charge in [0.2, 0.25) is 5.75 Å². The van der Waals surface area contributed by atoms with Crippen molar-refractivity contribution < 1.29 is 14.2 Å². The van der Waals surface area contributed by atoms with Crippen LogP contribution in [0.5, 0.6) is 17.2 Å². The van der Waals surface area contributed by atoms with E-state index in [2.05, 4.69) is 15.4 Å². The fraction of sp³-hybridized carbons (Fsp3) is 0.222. The van der Waals surface area contributed by atoms with Gasteiger partial charge in [0.15, 0.2) is 11.5 Å². The summed E-state index contributed by atoms with van der Waals surface area (Å²) in [4.78, 5) is 1.02. The van der Waals surface area contributed by atoms with Gasteiger partial charge in [0.25, 0.3) is 0 Å². The first-order valence-corrected chi connectivity index (χ1v) is 9.00. The molecule has 0 aliphatic carbocycles. The molecule has 1 aromatic heterocycles. The molecule has 3 rings (SSSR count). The number of nitrogens with two attached hydrogens (primary N) is 1. The zero-order chi connectivity index (χ0) is 18.7. The third-order valence-corrected chi connectivity index (χ3v) is 4.80. The molecule has 8 heteroatoms. The highest BCUT2D eigenvalue weighted by molar-refractivity contribution is 7.98. The molecule has 3 aromatic rings. The molecule has 0 atom stereocenters. The first kappa shape index (κ1) is 17.9. The minimum atomic E-state index is 0.525. The summed E-state index contributed by atoms with van der Waals surface area (Å²) < 4.78 is 16.2. The molecule has 0 saturated carbocycles. The van der Waals surface area contributed by atoms with Crippen molar-refractivity contribution in [3.63, 3.8) is 0 Å². The Kier molecular flexibility index (Phi) is 5.22. The smallest absolute Gasteiger partial charge is 0.203 e. The molecule has 3 N–H and O–H groups in total. The van der Waals surface area contributed by atoms with Gasteiger partial charge in [-0.2, -0.15) is 15.4 Å². The molecule has 0 radical (unpaired) electrons. The van der Waals surface area contributed by atoms with E-state index in [1.54, 1.807) is 33.1 Å². The molecule has 0 spiro atoms. The summed E-state index contributed by atoms with van der Waals surface area (Å²) in [5.41, 5.74) is 9.84. The van der Waals surface area contributed by atoms with Crippen LogP contribution in [0.1, 0.15) is 0 Å². The van der Waals surface area contributed by atoms with Crippen molar-refractivity contribution in [1.29, 1.82) is 0 Å². The maximum atomic E-state index is 6.12. The van der Waals surface area contributed by atoms with Crippen molar-refractivity contribution in [3.05, 3.63) is 30.3 Å². The van der Waals surface area contributed by atoms with E-state index in [1.165, 1.54) is 0 Å². The van der Waals surface area contributed by atoms with Gasteiger partial charge < -0.3 is 19.9 Å². The van der Waals surface area contributed by atoms with Gasteiger partial charge in [0.1, 0.15) is 11.4 Å². The molecule has 0 unspecified atom stereocenters. The van der Waals surface area contributed by atoms with Crippen molar-refractivity contribution in [2.45, 2.75) is 4.90 Å². The van der Waals surface area contributed by atoms with Crippen LogP contribution in [0.2, 0.25) is 0 Å². The predicted molar refractivity (Wildman–Crippen MR) is 103 cm³/mol. The number of nitrogens with zero attached hydrogens (tertiary/aromatic N) is 2. The van der Waals surface area contributed by atoms with E-state index in [4.69, 9.17) is 19.9 Å². The van der Waals surface area contributed by atoms with E-state index in [1.807, 2.05) is 36.6 Å². The second kappa shape index (κ2) is 7.57. The number of nitrogens with one attached hydrogen (secondary N) is 1. The highest BCUT2D eigenvalue weighted by Gasteiger charge is 2.19. The van der Waals surface area contributed by atoms with Crippen LogP contribution in [0, 0.1) is 0 Å². The minimum absolute atomic E-state index is 0.525. The summed E-state index contributed by atoms with van der Waals surface area (Å²) >= 11 is 1.60. The first-order valence-electron chi connectivity index (χ1n) is 7.78. The molecule has 136 valence electrons. The number of aromatic amines is 1. The number of aromatic nitrogens is 3. The summed E-state index contributed by atoms with van der Waals surface area (Å²) in [6.45, 7) is 0. The molecular weight excluding hydrogens is 352 g/mol. The third kappa shape index (κ3) is 3.15. The molecule has 0 saturated heterocycles. The van der Waals surface area contributed by atoms with Gasteiger partial charge in [0, 0.05) is 21.7 Å². The van der Waals surface area contributed by atoms with Gasteiger partial charge in [0.05, 0.1) is 21.3 Å². The monoisotopic (exact) mass is 372 g/mol. The average molecular weight is 372 g/mol. The van der Waals surface area contributed by atoms with E-state index in [0.717, 1.165) is 16.0 Å². The zero-order valence-electron chi connectivity index (χ0n) is 15.0. The molecule has 0 fully saturated rings. The highest BCUT2D eigenvalue weighted by atomic mass is 32.2. The Labute approximate surface area is 155 Å². The minimum Gasteiger partial charge on any atom is -0.493 e. The van der Waals surface area contributed by atoms with Crippen LogP contribution in [0.3, 0.4) is 0 Å². The van der Waals surface area contributed by atoms with Crippen LogP contribution in [0.15, 0.2) is 35.2 Å². The predicted octanol–water partition coefficient (Wildman–Crippen LogP) is 3.47. The van der Waals surface area contributed by atoms with Gasteiger partial charge in [-0.25, -0.2) is 0 Å². The van der Waals surface area contributed by atoms with Crippen LogP contribution >= 0.6 is 11.8 Å². The number of ether oxygens (including phenoxy) is 3. The maximum absolute atomic E-state index is 6.12. The van der Waals surface area contributed by atoms with Gasteiger partial charge >= 0.3 is 0 Å². The Bertz CT molecular complexity index is 902. The summed E-state index contributed by atoms with van der Waals surface area (Å²) in [6.07, 6.45) is 1.99. The second-order valence-electron chi connectivity index (χ2n) is 5.39. The quantitative estimate of drug-likeness (QED) is 0.505.